The Bertz CT molecular complexity index is 1170. The van der Waals surface area contributed by atoms with Gasteiger partial charge in [0.2, 0.25) is 0 Å². The predicted molar refractivity (Wildman–Crippen MR) is 111 cm³/mol. The molecule has 0 amide bonds. The van der Waals surface area contributed by atoms with Gasteiger partial charge in [-0.2, -0.15) is 0 Å². The van der Waals surface area contributed by atoms with Crippen LogP contribution in [0.1, 0.15) is 37.4 Å². The summed E-state index contributed by atoms with van der Waals surface area (Å²) in [6, 6.07) is 15.9. The molecule has 3 aromatic rings. The first kappa shape index (κ1) is 18.4. The van der Waals surface area contributed by atoms with Crippen LogP contribution in [0, 0.1) is 0 Å². The van der Waals surface area contributed by atoms with Gasteiger partial charge < -0.3 is 14.2 Å². The van der Waals surface area contributed by atoms with Crippen molar-refractivity contribution in [3.05, 3.63) is 91.4 Å². The molecule has 0 atom stereocenters. The van der Waals surface area contributed by atoms with E-state index in [0.717, 1.165) is 8.95 Å². The molecule has 5 rings (SSSR count). The van der Waals surface area contributed by atoms with Crippen LogP contribution in [0.3, 0.4) is 0 Å². The van der Waals surface area contributed by atoms with Crippen LogP contribution in [0.25, 0.3) is 0 Å². The topological polar surface area (TPSA) is 61.8 Å². The Morgan fingerprint density at radius 1 is 0.897 bits per heavy atom. The van der Waals surface area contributed by atoms with Crippen molar-refractivity contribution in [2.45, 2.75) is 5.60 Å². The lowest BCUT2D eigenvalue weighted by Crippen LogP contribution is -2.33. The van der Waals surface area contributed by atoms with Crippen LogP contribution < -0.4 is 4.74 Å². The Balaban J connectivity index is 1.87. The van der Waals surface area contributed by atoms with E-state index in [1.165, 1.54) is 7.11 Å². The summed E-state index contributed by atoms with van der Waals surface area (Å²) in [7, 11) is 1.32. The summed E-state index contributed by atoms with van der Waals surface area (Å²) >= 11 is 6.93. The standard InChI is InChI=1S/C22H12Br2O5/c1-27-20(25)11-2-5-14-17(8-11)22(29-21(14)26)15-6-3-12(23)9-18(15)28-19-10-13(24)4-7-16(19)22/h2-10H,1H3. The van der Waals surface area contributed by atoms with Gasteiger partial charge in [-0.25, -0.2) is 9.59 Å². The van der Waals surface area contributed by atoms with E-state index in [9.17, 15) is 9.59 Å². The molecule has 5 nitrogen and oxygen atoms in total. The number of ether oxygens (including phenoxy) is 3. The van der Waals surface area contributed by atoms with Crippen LogP contribution in [0.5, 0.6) is 11.5 Å². The van der Waals surface area contributed by atoms with E-state index >= 15 is 0 Å². The van der Waals surface area contributed by atoms with E-state index in [1.54, 1.807) is 18.2 Å². The number of hydrogen-bond acceptors (Lipinski definition) is 5. The molecule has 1 spiro atoms. The highest BCUT2D eigenvalue weighted by atomic mass is 79.9. The number of halogens is 2. The van der Waals surface area contributed by atoms with Crippen LogP contribution in [0.15, 0.2) is 63.5 Å². The SMILES string of the molecule is COC(=O)c1ccc2c(c1)C1(OC2=O)c2ccc(Br)cc2Oc2cc(Br)ccc21. The minimum atomic E-state index is -1.22. The third-order valence-electron chi connectivity index (χ3n) is 5.15. The first-order valence-corrected chi connectivity index (χ1v) is 10.3. The molecule has 0 unspecified atom stereocenters. The molecule has 0 N–H and O–H groups in total. The maximum atomic E-state index is 12.8. The van der Waals surface area contributed by atoms with E-state index in [-0.39, 0.29) is 0 Å². The molecule has 7 heteroatoms. The Morgan fingerprint density at radius 2 is 1.52 bits per heavy atom. The highest BCUT2D eigenvalue weighted by Crippen LogP contribution is 2.56. The summed E-state index contributed by atoms with van der Waals surface area (Å²) in [6.07, 6.45) is 0. The zero-order valence-electron chi connectivity index (χ0n) is 15.0. The second-order valence-corrected chi connectivity index (χ2v) is 8.54. The molecule has 0 saturated heterocycles. The summed E-state index contributed by atoms with van der Waals surface area (Å²) in [4.78, 5) is 25.0. The second-order valence-electron chi connectivity index (χ2n) is 6.71. The lowest BCUT2D eigenvalue weighted by Gasteiger charge is -2.36. The Labute approximate surface area is 182 Å². The molecule has 144 valence electrons. The van der Waals surface area contributed by atoms with E-state index in [1.807, 2.05) is 36.4 Å². The summed E-state index contributed by atoms with van der Waals surface area (Å²) in [5.74, 6) is 0.186. The first-order valence-electron chi connectivity index (χ1n) is 8.68. The van der Waals surface area contributed by atoms with Crippen molar-refractivity contribution < 1.29 is 23.8 Å². The number of rotatable bonds is 1. The second kappa shape index (κ2) is 6.43. The van der Waals surface area contributed by atoms with Crippen molar-refractivity contribution in [2.24, 2.45) is 0 Å². The number of carbonyl (C=O) groups is 2. The fourth-order valence-electron chi connectivity index (χ4n) is 3.91. The molecular formula is C22H12Br2O5. The highest BCUT2D eigenvalue weighted by Gasteiger charge is 2.53. The summed E-state index contributed by atoms with van der Waals surface area (Å²) in [5.41, 5.74) is 1.48. The van der Waals surface area contributed by atoms with Gasteiger partial charge in [0.25, 0.3) is 0 Å². The third kappa shape index (κ3) is 2.57. The van der Waals surface area contributed by atoms with Gasteiger partial charge >= 0.3 is 11.9 Å². The van der Waals surface area contributed by atoms with Crippen molar-refractivity contribution in [3.63, 3.8) is 0 Å². The quantitative estimate of drug-likeness (QED) is 0.397. The highest BCUT2D eigenvalue weighted by molar-refractivity contribution is 9.10. The molecule has 0 radical (unpaired) electrons. The lowest BCUT2D eigenvalue weighted by atomic mass is 9.77. The molecule has 0 aromatic heterocycles. The van der Waals surface area contributed by atoms with Crippen molar-refractivity contribution >= 4 is 43.8 Å². The monoisotopic (exact) mass is 514 g/mol. The Morgan fingerprint density at radius 3 is 2.10 bits per heavy atom. The fraction of sp³-hybridized carbons (Fsp3) is 0.0909. The zero-order chi connectivity index (χ0) is 20.3. The summed E-state index contributed by atoms with van der Waals surface area (Å²) in [6.45, 7) is 0. The predicted octanol–water partition coefficient (Wildman–Crippen LogP) is 5.57. The number of fused-ring (bicyclic) bond motifs is 6. The van der Waals surface area contributed by atoms with Crippen LogP contribution in [-0.2, 0) is 15.1 Å². The van der Waals surface area contributed by atoms with E-state index in [2.05, 4.69) is 31.9 Å². The molecular weight excluding hydrogens is 504 g/mol. The van der Waals surface area contributed by atoms with E-state index in [0.29, 0.717) is 39.3 Å². The zero-order valence-corrected chi connectivity index (χ0v) is 18.2. The van der Waals surface area contributed by atoms with Gasteiger partial charge in [0.05, 0.1) is 18.2 Å². The van der Waals surface area contributed by atoms with Gasteiger partial charge in [0, 0.05) is 25.6 Å². The summed E-state index contributed by atoms with van der Waals surface area (Å²) < 4.78 is 18.7. The number of hydrogen-bond donors (Lipinski definition) is 0. The maximum absolute atomic E-state index is 12.8. The van der Waals surface area contributed by atoms with Crippen LogP contribution in [0.4, 0.5) is 0 Å². The summed E-state index contributed by atoms with van der Waals surface area (Å²) in [5, 5.41) is 0. The Kier molecular flexibility index (Phi) is 4.08. The van der Waals surface area contributed by atoms with Gasteiger partial charge in [0.1, 0.15) is 11.5 Å². The first-order chi connectivity index (χ1) is 13.9. The van der Waals surface area contributed by atoms with Gasteiger partial charge in [-0.3, -0.25) is 0 Å². The lowest BCUT2D eigenvalue weighted by molar-refractivity contribution is 0.0224. The molecule has 0 saturated carbocycles. The van der Waals surface area contributed by atoms with Crippen molar-refractivity contribution in [1.82, 2.24) is 0 Å². The van der Waals surface area contributed by atoms with Crippen LogP contribution in [-0.4, -0.2) is 19.0 Å². The van der Waals surface area contributed by atoms with E-state index < -0.39 is 17.5 Å². The number of benzene rings is 3. The molecule has 2 aliphatic rings. The molecule has 3 aromatic carbocycles. The van der Waals surface area contributed by atoms with Crippen LogP contribution >= 0.6 is 31.9 Å². The van der Waals surface area contributed by atoms with Crippen LogP contribution in [0.2, 0.25) is 0 Å². The fourth-order valence-corrected chi connectivity index (χ4v) is 4.59. The average Bonchev–Trinajstić information content (AvgIpc) is 2.99. The van der Waals surface area contributed by atoms with Crippen molar-refractivity contribution in [3.8, 4) is 11.5 Å². The van der Waals surface area contributed by atoms with E-state index in [4.69, 9.17) is 14.2 Å². The molecule has 0 bridgehead atoms. The maximum Gasteiger partial charge on any atom is 0.340 e. The van der Waals surface area contributed by atoms with Crippen molar-refractivity contribution in [1.29, 1.82) is 0 Å². The largest absolute Gasteiger partial charge is 0.465 e. The van der Waals surface area contributed by atoms with Gasteiger partial charge in [-0.15, -0.1) is 0 Å². The van der Waals surface area contributed by atoms with Gasteiger partial charge in [-0.1, -0.05) is 31.9 Å². The molecule has 0 fully saturated rings. The number of carbonyl (C=O) groups excluding carboxylic acids is 2. The van der Waals surface area contributed by atoms with Gasteiger partial charge in [-0.05, 0) is 54.6 Å². The number of esters is 2. The van der Waals surface area contributed by atoms with Crippen molar-refractivity contribution in [2.75, 3.05) is 7.11 Å². The molecule has 0 aliphatic carbocycles. The average molecular weight is 516 g/mol. The molecule has 29 heavy (non-hydrogen) atoms. The third-order valence-corrected chi connectivity index (χ3v) is 6.14. The minimum Gasteiger partial charge on any atom is -0.465 e. The molecule has 2 heterocycles. The Hall–Kier alpha value is -2.64. The number of methoxy groups -OCH3 is 1. The normalized spacial score (nSPS) is 15.1. The minimum absolute atomic E-state index is 0.341. The van der Waals surface area contributed by atoms with Gasteiger partial charge in [0.15, 0.2) is 5.60 Å². The smallest absolute Gasteiger partial charge is 0.340 e. The molecule has 2 aliphatic heterocycles.